The Bertz CT molecular complexity index is 472. The number of hydrogen-bond donors (Lipinski definition) is 1. The Hall–Kier alpha value is -1.05. The SMILES string of the molecule is Cc1cnc([C@@H](OCCO)[C@H](C)S(C)(=O)=O)nc1. The summed E-state index contributed by atoms with van der Waals surface area (Å²) in [5.74, 6) is 0.312. The molecule has 102 valence electrons. The summed E-state index contributed by atoms with van der Waals surface area (Å²) in [6, 6.07) is 0. The standard InChI is InChI=1S/C11H18N2O4S/c1-8-6-12-11(13-7-8)10(17-5-4-14)9(2)18(3,15)16/h6-7,9-10,14H,4-5H2,1-3H3/t9-,10-/m0/s1. The largest absolute Gasteiger partial charge is 0.394 e. The van der Waals surface area contributed by atoms with Crippen molar-refractivity contribution in [1.29, 1.82) is 0 Å². The van der Waals surface area contributed by atoms with Crippen molar-refractivity contribution in [2.75, 3.05) is 19.5 Å². The van der Waals surface area contributed by atoms with Gasteiger partial charge in [0.05, 0.1) is 18.5 Å². The first-order valence-electron chi connectivity index (χ1n) is 5.56. The molecule has 0 saturated heterocycles. The van der Waals surface area contributed by atoms with E-state index in [0.29, 0.717) is 5.82 Å². The number of nitrogens with zero attached hydrogens (tertiary/aromatic N) is 2. The highest BCUT2D eigenvalue weighted by Crippen LogP contribution is 2.22. The van der Waals surface area contributed by atoms with Crippen molar-refractivity contribution in [2.24, 2.45) is 0 Å². The molecule has 1 aromatic rings. The second-order valence-electron chi connectivity index (χ2n) is 4.17. The van der Waals surface area contributed by atoms with Crippen LogP contribution in [0.25, 0.3) is 0 Å². The van der Waals surface area contributed by atoms with Gasteiger partial charge in [-0.05, 0) is 19.4 Å². The van der Waals surface area contributed by atoms with Crippen LogP contribution in [0.3, 0.4) is 0 Å². The van der Waals surface area contributed by atoms with Crippen LogP contribution in [0, 0.1) is 6.92 Å². The zero-order chi connectivity index (χ0) is 13.8. The third-order valence-electron chi connectivity index (χ3n) is 2.55. The molecule has 0 fully saturated rings. The third kappa shape index (κ3) is 4.01. The molecule has 18 heavy (non-hydrogen) atoms. The number of sulfone groups is 1. The molecule has 0 aromatic carbocycles. The van der Waals surface area contributed by atoms with Crippen molar-refractivity contribution in [3.8, 4) is 0 Å². The van der Waals surface area contributed by atoms with Gasteiger partial charge < -0.3 is 9.84 Å². The lowest BCUT2D eigenvalue weighted by Gasteiger charge is -2.21. The number of aliphatic hydroxyl groups is 1. The van der Waals surface area contributed by atoms with Crippen molar-refractivity contribution in [1.82, 2.24) is 9.97 Å². The van der Waals surface area contributed by atoms with E-state index in [1.54, 1.807) is 19.3 Å². The Kier molecular flexibility index (Phi) is 5.18. The summed E-state index contributed by atoms with van der Waals surface area (Å²) in [6.45, 7) is 3.24. The highest BCUT2D eigenvalue weighted by atomic mass is 32.2. The molecule has 7 heteroatoms. The quantitative estimate of drug-likeness (QED) is 0.801. The number of rotatable bonds is 6. The van der Waals surface area contributed by atoms with Crippen LogP contribution in [0.2, 0.25) is 0 Å². The molecule has 0 aliphatic carbocycles. The summed E-state index contributed by atoms with van der Waals surface area (Å²) in [4.78, 5) is 8.17. The van der Waals surface area contributed by atoms with Crippen molar-refractivity contribution >= 4 is 9.84 Å². The fourth-order valence-electron chi connectivity index (χ4n) is 1.37. The third-order valence-corrected chi connectivity index (χ3v) is 4.14. The smallest absolute Gasteiger partial charge is 0.158 e. The van der Waals surface area contributed by atoms with Crippen LogP contribution >= 0.6 is 0 Å². The van der Waals surface area contributed by atoms with Crippen LogP contribution in [0.1, 0.15) is 24.4 Å². The molecule has 0 aliphatic heterocycles. The normalized spacial score (nSPS) is 15.3. The molecule has 0 aliphatic rings. The second-order valence-corrected chi connectivity index (χ2v) is 6.57. The number of ether oxygens (including phenoxy) is 1. The van der Waals surface area contributed by atoms with E-state index in [2.05, 4.69) is 9.97 Å². The molecule has 0 amide bonds. The Balaban J connectivity index is 3.01. The number of aromatic nitrogens is 2. The first-order chi connectivity index (χ1) is 8.36. The van der Waals surface area contributed by atoms with Crippen molar-refractivity contribution < 1.29 is 18.3 Å². The Morgan fingerprint density at radius 3 is 2.39 bits per heavy atom. The van der Waals surface area contributed by atoms with E-state index in [-0.39, 0.29) is 13.2 Å². The average molecular weight is 274 g/mol. The minimum atomic E-state index is -3.28. The van der Waals surface area contributed by atoms with Gasteiger partial charge in [-0.1, -0.05) is 0 Å². The molecule has 0 bridgehead atoms. The molecule has 1 aromatic heterocycles. The van der Waals surface area contributed by atoms with E-state index in [0.717, 1.165) is 11.8 Å². The highest BCUT2D eigenvalue weighted by Gasteiger charge is 2.30. The lowest BCUT2D eigenvalue weighted by Crippen LogP contribution is -2.28. The fraction of sp³-hybridized carbons (Fsp3) is 0.636. The van der Waals surface area contributed by atoms with Gasteiger partial charge in [0, 0.05) is 18.6 Å². The van der Waals surface area contributed by atoms with E-state index < -0.39 is 21.2 Å². The Morgan fingerprint density at radius 2 is 1.94 bits per heavy atom. The van der Waals surface area contributed by atoms with Gasteiger partial charge in [0.25, 0.3) is 0 Å². The maximum Gasteiger partial charge on any atom is 0.158 e. The lowest BCUT2D eigenvalue weighted by atomic mass is 10.2. The van der Waals surface area contributed by atoms with Crippen LogP contribution < -0.4 is 0 Å². The maximum atomic E-state index is 11.6. The van der Waals surface area contributed by atoms with Gasteiger partial charge in [-0.3, -0.25) is 0 Å². The van der Waals surface area contributed by atoms with Gasteiger partial charge in [0.2, 0.25) is 0 Å². The Labute approximate surface area is 107 Å². The van der Waals surface area contributed by atoms with Crippen molar-refractivity contribution in [3.63, 3.8) is 0 Å². The van der Waals surface area contributed by atoms with Gasteiger partial charge in [-0.2, -0.15) is 0 Å². The van der Waals surface area contributed by atoms with E-state index in [1.165, 1.54) is 0 Å². The van der Waals surface area contributed by atoms with Gasteiger partial charge in [0.15, 0.2) is 15.7 Å². The Morgan fingerprint density at radius 1 is 1.39 bits per heavy atom. The van der Waals surface area contributed by atoms with E-state index in [9.17, 15) is 8.42 Å². The first kappa shape index (κ1) is 15.0. The fourth-order valence-corrected chi connectivity index (χ4v) is 2.02. The first-order valence-corrected chi connectivity index (χ1v) is 7.51. The van der Waals surface area contributed by atoms with Crippen molar-refractivity contribution in [2.45, 2.75) is 25.2 Å². The van der Waals surface area contributed by atoms with Gasteiger partial charge in [0.1, 0.15) is 6.10 Å². The highest BCUT2D eigenvalue weighted by molar-refractivity contribution is 7.91. The zero-order valence-corrected chi connectivity index (χ0v) is 11.5. The molecule has 0 spiro atoms. The van der Waals surface area contributed by atoms with Gasteiger partial charge in [-0.25, -0.2) is 18.4 Å². The topological polar surface area (TPSA) is 89.4 Å². The predicted octanol–water partition coefficient (Wildman–Crippen LogP) is 0.268. The molecule has 2 atom stereocenters. The molecule has 1 heterocycles. The monoisotopic (exact) mass is 274 g/mol. The van der Waals surface area contributed by atoms with E-state index >= 15 is 0 Å². The summed E-state index contributed by atoms with van der Waals surface area (Å²) in [5, 5.41) is 8.00. The summed E-state index contributed by atoms with van der Waals surface area (Å²) >= 11 is 0. The van der Waals surface area contributed by atoms with E-state index in [4.69, 9.17) is 9.84 Å². The summed E-state index contributed by atoms with van der Waals surface area (Å²) < 4.78 is 28.5. The summed E-state index contributed by atoms with van der Waals surface area (Å²) in [5.41, 5.74) is 0.881. The molecule has 1 rings (SSSR count). The molecular weight excluding hydrogens is 256 g/mol. The predicted molar refractivity (Wildman–Crippen MR) is 66.9 cm³/mol. The minimum absolute atomic E-state index is 0.0434. The van der Waals surface area contributed by atoms with E-state index in [1.807, 2.05) is 6.92 Å². The molecule has 6 nitrogen and oxygen atoms in total. The molecule has 0 unspecified atom stereocenters. The van der Waals surface area contributed by atoms with Gasteiger partial charge in [-0.15, -0.1) is 0 Å². The number of hydrogen-bond acceptors (Lipinski definition) is 6. The molecule has 1 N–H and O–H groups in total. The average Bonchev–Trinajstić information content (AvgIpc) is 2.30. The second kappa shape index (κ2) is 6.21. The molecule has 0 radical (unpaired) electrons. The van der Waals surface area contributed by atoms with Gasteiger partial charge >= 0.3 is 0 Å². The van der Waals surface area contributed by atoms with Crippen LogP contribution in [0.5, 0.6) is 0 Å². The van der Waals surface area contributed by atoms with Crippen LogP contribution in [0.4, 0.5) is 0 Å². The lowest BCUT2D eigenvalue weighted by molar-refractivity contribution is 0.0227. The summed E-state index contributed by atoms with van der Waals surface area (Å²) in [6.07, 6.45) is 3.58. The molecular formula is C11H18N2O4S. The zero-order valence-electron chi connectivity index (χ0n) is 10.7. The molecule has 0 saturated carbocycles. The van der Waals surface area contributed by atoms with Crippen LogP contribution in [-0.4, -0.2) is 48.2 Å². The van der Waals surface area contributed by atoms with Crippen LogP contribution in [0.15, 0.2) is 12.4 Å². The minimum Gasteiger partial charge on any atom is -0.394 e. The van der Waals surface area contributed by atoms with Crippen LogP contribution in [-0.2, 0) is 14.6 Å². The summed E-state index contributed by atoms with van der Waals surface area (Å²) in [7, 11) is -3.28. The maximum absolute atomic E-state index is 11.6. The van der Waals surface area contributed by atoms with Crippen molar-refractivity contribution in [3.05, 3.63) is 23.8 Å². The number of aliphatic hydroxyl groups excluding tert-OH is 1. The number of aryl methyl sites for hydroxylation is 1.